The van der Waals surface area contributed by atoms with Crippen LogP contribution in [0.3, 0.4) is 0 Å². The number of ether oxygens (including phenoxy) is 2. The largest absolute Gasteiger partial charge is 0.464 e. The van der Waals surface area contributed by atoms with E-state index in [1.54, 1.807) is 13.3 Å². The van der Waals surface area contributed by atoms with Crippen LogP contribution >= 0.6 is 0 Å². The molecule has 3 N–H and O–H groups in total. The average molecular weight is 741 g/mol. The molecule has 7 rings (SSSR count). The molecule has 290 valence electrons. The SMILES string of the molecule is CCn1c(-c2cccnc2[C@H](C)OC)c2c3cc(ccc31)C1=C[C@H](O)CN(C1)C[C@H](NC(=O)[C@H]1[C@H](C)[C@@H]1C)C(=O)N1CCC[C@H](N1)C(=O)OCC(C)(C)C2. The van der Waals surface area contributed by atoms with E-state index in [1.807, 2.05) is 24.0 Å². The number of benzene rings is 1. The number of pyridine rings is 1. The van der Waals surface area contributed by atoms with Crippen LogP contribution in [0, 0.1) is 23.2 Å². The Hall–Kier alpha value is -4.10. The predicted octanol–water partition coefficient (Wildman–Crippen LogP) is 4.50. The van der Waals surface area contributed by atoms with Crippen molar-refractivity contribution in [3.05, 3.63) is 59.4 Å². The zero-order chi connectivity index (χ0) is 38.5. The molecular weight excluding hydrogens is 684 g/mol. The number of aromatic nitrogens is 2. The molecule has 54 heavy (non-hydrogen) atoms. The highest BCUT2D eigenvalue weighted by Gasteiger charge is 2.49. The van der Waals surface area contributed by atoms with Crippen molar-refractivity contribution >= 4 is 34.3 Å². The highest BCUT2D eigenvalue weighted by molar-refractivity contribution is 5.95. The lowest BCUT2D eigenvalue weighted by Crippen LogP contribution is -2.62. The summed E-state index contributed by atoms with van der Waals surface area (Å²) in [7, 11) is 1.69. The van der Waals surface area contributed by atoms with Gasteiger partial charge in [-0.3, -0.25) is 29.3 Å². The lowest BCUT2D eigenvalue weighted by atomic mass is 9.84. The van der Waals surface area contributed by atoms with Gasteiger partial charge in [-0.1, -0.05) is 33.8 Å². The summed E-state index contributed by atoms with van der Waals surface area (Å²) in [6.45, 7) is 14.8. The molecule has 2 fully saturated rings. The van der Waals surface area contributed by atoms with Crippen LogP contribution in [0.1, 0.15) is 77.3 Å². The fourth-order valence-electron chi connectivity index (χ4n) is 8.78. The van der Waals surface area contributed by atoms with Crippen LogP contribution in [0.2, 0.25) is 0 Å². The van der Waals surface area contributed by atoms with Crippen molar-refractivity contribution in [2.45, 2.75) is 91.6 Å². The van der Waals surface area contributed by atoms with Crippen molar-refractivity contribution < 1.29 is 29.0 Å². The lowest BCUT2D eigenvalue weighted by Gasteiger charge is -2.38. The molecule has 3 aromatic rings. The fraction of sp³-hybridized carbons (Fsp3) is 0.571. The van der Waals surface area contributed by atoms with E-state index < -0.39 is 29.6 Å². The molecule has 2 aromatic heterocycles. The second-order valence-corrected chi connectivity index (χ2v) is 16.6. The summed E-state index contributed by atoms with van der Waals surface area (Å²) in [4.78, 5) is 48.2. The van der Waals surface area contributed by atoms with E-state index in [0.29, 0.717) is 38.9 Å². The number of hydrogen-bond acceptors (Lipinski definition) is 9. The van der Waals surface area contributed by atoms with Gasteiger partial charge < -0.3 is 24.5 Å². The number of carbonyl (C=O) groups is 3. The average Bonchev–Trinajstić information content (AvgIpc) is 3.65. The maximum absolute atomic E-state index is 14.2. The van der Waals surface area contributed by atoms with Crippen LogP contribution in [0.15, 0.2) is 42.6 Å². The van der Waals surface area contributed by atoms with Gasteiger partial charge in [0.25, 0.3) is 5.91 Å². The number of aliphatic hydroxyl groups excluding tert-OH is 1. The van der Waals surface area contributed by atoms with Crippen molar-refractivity contribution in [1.29, 1.82) is 0 Å². The van der Waals surface area contributed by atoms with Gasteiger partial charge in [-0.15, -0.1) is 0 Å². The Morgan fingerprint density at radius 3 is 2.69 bits per heavy atom. The summed E-state index contributed by atoms with van der Waals surface area (Å²) in [5.41, 5.74) is 9.72. The molecule has 12 nitrogen and oxygen atoms in total. The number of aryl methyl sites for hydroxylation is 1. The van der Waals surface area contributed by atoms with Crippen LogP contribution in [0.4, 0.5) is 0 Å². The molecule has 1 saturated heterocycles. The highest BCUT2D eigenvalue weighted by Crippen LogP contribution is 2.45. The van der Waals surface area contributed by atoms with Gasteiger partial charge in [-0.25, -0.2) is 5.43 Å². The number of nitrogens with zero attached hydrogens (tertiary/aromatic N) is 4. The number of nitrogens with one attached hydrogen (secondary N) is 2. The molecule has 0 radical (unpaired) electrons. The Labute approximate surface area is 318 Å². The third-order valence-corrected chi connectivity index (χ3v) is 12.1. The van der Waals surface area contributed by atoms with Crippen LogP contribution in [-0.2, 0) is 36.8 Å². The van der Waals surface area contributed by atoms with Gasteiger partial charge in [0.05, 0.1) is 30.2 Å². The van der Waals surface area contributed by atoms with Crippen molar-refractivity contribution in [2.75, 3.05) is 39.9 Å². The predicted molar refractivity (Wildman–Crippen MR) is 207 cm³/mol. The first-order chi connectivity index (χ1) is 25.8. The number of rotatable bonds is 6. The minimum Gasteiger partial charge on any atom is -0.464 e. The van der Waals surface area contributed by atoms with Gasteiger partial charge in [-0.2, -0.15) is 0 Å². The number of methoxy groups -OCH3 is 1. The zero-order valence-electron chi connectivity index (χ0n) is 32.7. The normalized spacial score (nSPS) is 29.2. The second-order valence-electron chi connectivity index (χ2n) is 16.6. The summed E-state index contributed by atoms with van der Waals surface area (Å²) >= 11 is 0. The van der Waals surface area contributed by atoms with Crippen LogP contribution in [-0.4, -0.2) is 100 Å². The van der Waals surface area contributed by atoms with Gasteiger partial charge >= 0.3 is 5.97 Å². The van der Waals surface area contributed by atoms with Crippen LogP contribution in [0.5, 0.6) is 0 Å². The molecule has 5 heterocycles. The van der Waals surface area contributed by atoms with Crippen molar-refractivity contribution in [3.63, 3.8) is 0 Å². The minimum absolute atomic E-state index is 0.134. The first-order valence-corrected chi connectivity index (χ1v) is 19.6. The molecule has 1 aromatic carbocycles. The summed E-state index contributed by atoms with van der Waals surface area (Å²) in [6, 6.07) is 8.96. The number of esters is 1. The number of hydrogen-bond donors (Lipinski definition) is 3. The Balaban J connectivity index is 1.34. The second kappa shape index (κ2) is 15.2. The lowest BCUT2D eigenvalue weighted by molar-refractivity contribution is -0.155. The number of amides is 2. The van der Waals surface area contributed by atoms with Gasteiger partial charge in [-0.05, 0) is 92.0 Å². The van der Waals surface area contributed by atoms with Crippen molar-refractivity contribution in [1.82, 2.24) is 30.2 Å². The monoisotopic (exact) mass is 740 g/mol. The number of fused-ring (bicyclic) bond motifs is 6. The van der Waals surface area contributed by atoms with Crippen LogP contribution < -0.4 is 10.7 Å². The number of carbonyl (C=O) groups excluding carboxylic acids is 3. The molecule has 1 aliphatic carbocycles. The first kappa shape index (κ1) is 38.2. The quantitative estimate of drug-likeness (QED) is 0.312. The highest BCUT2D eigenvalue weighted by atomic mass is 16.5. The standard InChI is InChI=1S/C42H56N6O6/c1-8-47-35-14-13-27-18-31(35)32(38(47)30-11-9-15-43-37(30)26(4)53-7)19-42(5,6)23-54-41(52)33-12-10-16-48(45-33)40(51)34(44-39(50)36-24(2)25(36)3)22-46-20-28(27)17-29(49)21-46/h9,11,13-15,17-18,24-26,29,33-34,36,45,49H,8,10,12,16,19-23H2,1-7H3,(H,44,50)/t24-,25+,26-,29-,33-,34-,36+/m0/s1. The minimum atomic E-state index is -0.873. The maximum atomic E-state index is 14.2. The smallest absolute Gasteiger partial charge is 0.324 e. The van der Waals surface area contributed by atoms with E-state index in [-0.39, 0.29) is 48.8 Å². The van der Waals surface area contributed by atoms with Crippen molar-refractivity contribution in [3.8, 4) is 11.3 Å². The molecule has 4 aliphatic rings. The molecule has 12 heteroatoms. The van der Waals surface area contributed by atoms with E-state index in [4.69, 9.17) is 14.5 Å². The van der Waals surface area contributed by atoms with Crippen molar-refractivity contribution in [2.24, 2.45) is 23.2 Å². The molecule has 1 saturated carbocycles. The van der Waals surface area contributed by atoms with E-state index in [1.165, 1.54) is 5.01 Å². The Kier molecular flexibility index (Phi) is 10.8. The molecule has 2 amide bonds. The third-order valence-electron chi connectivity index (χ3n) is 12.1. The van der Waals surface area contributed by atoms with E-state index in [0.717, 1.165) is 51.1 Å². The number of hydrazine groups is 1. The van der Waals surface area contributed by atoms with E-state index >= 15 is 0 Å². The Morgan fingerprint density at radius 1 is 1.19 bits per heavy atom. The molecule has 0 spiro atoms. The van der Waals surface area contributed by atoms with E-state index in [9.17, 15) is 19.5 Å². The number of cyclic esters (lactones) is 1. The Morgan fingerprint density at radius 2 is 1.96 bits per heavy atom. The van der Waals surface area contributed by atoms with Gasteiger partial charge in [0, 0.05) is 73.8 Å². The van der Waals surface area contributed by atoms with E-state index in [2.05, 4.69) is 74.2 Å². The van der Waals surface area contributed by atoms with Gasteiger partial charge in [0.15, 0.2) is 0 Å². The molecule has 6 bridgehead atoms. The molecule has 3 aliphatic heterocycles. The summed E-state index contributed by atoms with van der Waals surface area (Å²) in [5, 5.41) is 16.9. The molecule has 8 atom stereocenters. The van der Waals surface area contributed by atoms with Gasteiger partial charge in [0.1, 0.15) is 12.1 Å². The maximum Gasteiger partial charge on any atom is 0.324 e. The first-order valence-electron chi connectivity index (χ1n) is 19.6. The third kappa shape index (κ3) is 7.45. The van der Waals surface area contributed by atoms with Gasteiger partial charge in [0.2, 0.25) is 5.91 Å². The van der Waals surface area contributed by atoms with Crippen LogP contribution in [0.25, 0.3) is 27.7 Å². The molecule has 1 unspecified atom stereocenters. The zero-order valence-corrected chi connectivity index (χ0v) is 32.7. The number of aliphatic hydroxyl groups is 1. The topological polar surface area (TPSA) is 138 Å². The summed E-state index contributed by atoms with van der Waals surface area (Å²) in [6.07, 6.45) is 4.46. The summed E-state index contributed by atoms with van der Waals surface area (Å²) < 4.78 is 14.2. The Bertz CT molecular complexity index is 1950. The summed E-state index contributed by atoms with van der Waals surface area (Å²) in [5.74, 6) is -0.485. The molecular formula is C42H56N6O6. The fourth-order valence-corrected chi connectivity index (χ4v) is 8.78.